The van der Waals surface area contributed by atoms with Gasteiger partial charge in [-0.25, -0.2) is 10.0 Å². The molecule has 1 aromatic carbocycles. The highest BCUT2D eigenvalue weighted by molar-refractivity contribution is 6.02. The molecule has 0 amide bonds. The van der Waals surface area contributed by atoms with Crippen molar-refractivity contribution in [3.8, 4) is 0 Å². The fourth-order valence-electron chi connectivity index (χ4n) is 3.97. The predicted molar refractivity (Wildman–Crippen MR) is 95.7 cm³/mol. The second-order valence-electron chi connectivity index (χ2n) is 8.31. The highest BCUT2D eigenvalue weighted by Crippen LogP contribution is 2.35. The number of rotatable bonds is 2. The topological polar surface area (TPSA) is 43.8 Å². The molecule has 0 spiro atoms. The maximum atomic E-state index is 13.0. The molecule has 2 heterocycles. The molecule has 1 saturated heterocycles. The van der Waals surface area contributed by atoms with Gasteiger partial charge in [0, 0.05) is 25.2 Å². The summed E-state index contributed by atoms with van der Waals surface area (Å²) >= 11 is 0. The number of hydrogen-bond acceptors (Lipinski definition) is 4. The predicted octanol–water partition coefficient (Wildman–Crippen LogP) is 3.47. The molecule has 2 aliphatic heterocycles. The van der Waals surface area contributed by atoms with Crippen molar-refractivity contribution in [1.82, 2.24) is 10.0 Å². The van der Waals surface area contributed by atoms with Crippen LogP contribution in [0.1, 0.15) is 73.7 Å². The highest BCUT2D eigenvalue weighted by Gasteiger charge is 2.37. The molecule has 4 heteroatoms. The van der Waals surface area contributed by atoms with Crippen LogP contribution in [-0.2, 0) is 6.54 Å². The number of carbonyl (C=O) groups is 1. The molecular weight excluding hydrogens is 300 g/mol. The van der Waals surface area contributed by atoms with E-state index in [4.69, 9.17) is 0 Å². The van der Waals surface area contributed by atoms with Gasteiger partial charge in [0.2, 0.25) is 0 Å². The normalized spacial score (nSPS) is 26.2. The largest absolute Gasteiger partial charge is 0.389 e. The Balaban J connectivity index is 1.93. The zero-order valence-corrected chi connectivity index (χ0v) is 15.6. The Morgan fingerprint density at radius 3 is 2.46 bits per heavy atom. The smallest absolute Gasteiger partial charge is 0.181 e. The quantitative estimate of drug-likeness (QED) is 0.902. The van der Waals surface area contributed by atoms with Crippen LogP contribution in [0.3, 0.4) is 0 Å². The van der Waals surface area contributed by atoms with Crippen LogP contribution < -0.4 is 0 Å². The van der Waals surface area contributed by atoms with Crippen LogP contribution in [0.2, 0.25) is 0 Å². The summed E-state index contributed by atoms with van der Waals surface area (Å²) in [6.45, 7) is 13.1. The first-order valence-corrected chi connectivity index (χ1v) is 9.07. The summed E-state index contributed by atoms with van der Waals surface area (Å²) in [7, 11) is 0. The summed E-state index contributed by atoms with van der Waals surface area (Å²) in [5, 5.41) is 14.8. The molecule has 0 aromatic heterocycles. The third-order valence-corrected chi connectivity index (χ3v) is 5.75. The van der Waals surface area contributed by atoms with E-state index in [0.717, 1.165) is 48.2 Å². The van der Waals surface area contributed by atoms with E-state index < -0.39 is 6.10 Å². The molecule has 0 aliphatic carbocycles. The third kappa shape index (κ3) is 3.15. The Bertz CT molecular complexity index is 641. The maximum Gasteiger partial charge on any atom is 0.181 e. The van der Waals surface area contributed by atoms with Gasteiger partial charge in [0.1, 0.15) is 0 Å². The van der Waals surface area contributed by atoms with Gasteiger partial charge in [-0.05, 0) is 56.2 Å². The number of benzene rings is 1. The molecule has 0 radical (unpaired) electrons. The van der Waals surface area contributed by atoms with Gasteiger partial charge in [-0.2, -0.15) is 0 Å². The lowest BCUT2D eigenvalue weighted by Gasteiger charge is -2.47. The van der Waals surface area contributed by atoms with Crippen molar-refractivity contribution in [2.45, 2.75) is 66.2 Å². The summed E-state index contributed by atoms with van der Waals surface area (Å²) in [6.07, 6.45) is 1.74. The van der Waals surface area contributed by atoms with Crippen LogP contribution in [-0.4, -0.2) is 40.0 Å². The summed E-state index contributed by atoms with van der Waals surface area (Å²) in [5.41, 5.74) is 4.13. The van der Waals surface area contributed by atoms with Gasteiger partial charge in [0.05, 0.1) is 12.1 Å². The fraction of sp³-hybridized carbons (Fsp3) is 0.650. The number of aliphatic hydroxyl groups is 1. The molecule has 24 heavy (non-hydrogen) atoms. The molecule has 2 aliphatic rings. The standard InChI is InChI=1S/C20H30N2O2/c1-13-10-16(15(3)23)18-12-22(14(2)19(24)17(18)11-13)21-8-6-20(4,5)7-9-21/h10-11,14-15,23H,6-9,12H2,1-5H3. The number of ketones is 1. The van der Waals surface area contributed by atoms with E-state index in [1.54, 1.807) is 6.92 Å². The maximum absolute atomic E-state index is 13.0. The molecule has 132 valence electrons. The lowest BCUT2D eigenvalue weighted by Crippen LogP contribution is -2.56. The average Bonchev–Trinajstić information content (AvgIpc) is 2.51. The summed E-state index contributed by atoms with van der Waals surface area (Å²) in [5.74, 6) is 0.173. The number of fused-ring (bicyclic) bond motifs is 1. The number of aryl methyl sites for hydroxylation is 1. The van der Waals surface area contributed by atoms with Gasteiger partial charge in [-0.1, -0.05) is 25.5 Å². The van der Waals surface area contributed by atoms with Gasteiger partial charge in [-0.15, -0.1) is 0 Å². The number of hydrogen-bond donors (Lipinski definition) is 1. The zero-order valence-electron chi connectivity index (χ0n) is 15.6. The first-order valence-electron chi connectivity index (χ1n) is 9.07. The van der Waals surface area contributed by atoms with Gasteiger partial charge in [-0.3, -0.25) is 4.79 Å². The fourth-order valence-corrected chi connectivity index (χ4v) is 3.97. The first-order chi connectivity index (χ1) is 11.2. The van der Waals surface area contributed by atoms with Crippen molar-refractivity contribution >= 4 is 5.78 Å². The van der Waals surface area contributed by atoms with Crippen molar-refractivity contribution in [3.05, 3.63) is 34.4 Å². The zero-order chi connectivity index (χ0) is 17.6. The molecule has 1 fully saturated rings. The molecule has 1 aromatic rings. The Morgan fingerprint density at radius 1 is 1.25 bits per heavy atom. The lowest BCUT2D eigenvalue weighted by atomic mass is 9.83. The Kier molecular flexibility index (Phi) is 4.58. The van der Waals surface area contributed by atoms with E-state index >= 15 is 0 Å². The van der Waals surface area contributed by atoms with E-state index in [2.05, 4.69) is 23.9 Å². The molecule has 1 N–H and O–H groups in total. The van der Waals surface area contributed by atoms with Gasteiger partial charge >= 0.3 is 0 Å². The van der Waals surface area contributed by atoms with E-state index in [9.17, 15) is 9.90 Å². The first kappa shape index (κ1) is 17.6. The van der Waals surface area contributed by atoms with Crippen LogP contribution in [0.25, 0.3) is 0 Å². The minimum Gasteiger partial charge on any atom is -0.389 e. The third-order valence-electron chi connectivity index (χ3n) is 5.75. The molecule has 3 rings (SSSR count). The average molecular weight is 330 g/mol. The van der Waals surface area contributed by atoms with E-state index in [0.29, 0.717) is 12.0 Å². The van der Waals surface area contributed by atoms with Gasteiger partial charge < -0.3 is 5.11 Å². The minimum atomic E-state index is -0.554. The Labute approximate surface area is 145 Å². The Morgan fingerprint density at radius 2 is 1.88 bits per heavy atom. The van der Waals surface area contributed by atoms with Crippen molar-refractivity contribution < 1.29 is 9.90 Å². The Hall–Kier alpha value is -1.23. The molecular formula is C20H30N2O2. The van der Waals surface area contributed by atoms with Crippen LogP contribution in [0.4, 0.5) is 0 Å². The van der Waals surface area contributed by atoms with E-state index in [1.807, 2.05) is 26.0 Å². The van der Waals surface area contributed by atoms with E-state index in [1.165, 1.54) is 0 Å². The lowest BCUT2D eigenvalue weighted by molar-refractivity contribution is -0.0873. The molecule has 0 bridgehead atoms. The van der Waals surface area contributed by atoms with E-state index in [-0.39, 0.29) is 11.8 Å². The number of aliphatic hydroxyl groups excluding tert-OH is 1. The summed E-state index contributed by atoms with van der Waals surface area (Å²) in [4.78, 5) is 13.0. The van der Waals surface area contributed by atoms with Gasteiger partial charge in [0.25, 0.3) is 0 Å². The van der Waals surface area contributed by atoms with Crippen molar-refractivity contribution in [3.63, 3.8) is 0 Å². The number of Topliss-reactive ketones (excluding diaryl/α,β-unsaturated/α-hetero) is 1. The summed E-state index contributed by atoms with van der Waals surface area (Å²) in [6, 6.07) is 3.86. The highest BCUT2D eigenvalue weighted by atomic mass is 16.3. The van der Waals surface area contributed by atoms with Crippen LogP contribution >= 0.6 is 0 Å². The number of nitrogens with zero attached hydrogens (tertiary/aromatic N) is 2. The number of piperidine rings is 1. The van der Waals surface area contributed by atoms with Crippen molar-refractivity contribution in [1.29, 1.82) is 0 Å². The monoisotopic (exact) mass is 330 g/mol. The van der Waals surface area contributed by atoms with Crippen molar-refractivity contribution in [2.75, 3.05) is 13.1 Å². The van der Waals surface area contributed by atoms with Crippen LogP contribution in [0.5, 0.6) is 0 Å². The van der Waals surface area contributed by atoms with Gasteiger partial charge in [0.15, 0.2) is 5.78 Å². The molecule has 2 unspecified atom stereocenters. The number of hydrazine groups is 1. The summed E-state index contributed by atoms with van der Waals surface area (Å²) < 4.78 is 0. The van der Waals surface area contributed by atoms with Crippen LogP contribution in [0.15, 0.2) is 12.1 Å². The second kappa shape index (κ2) is 6.25. The number of carbonyl (C=O) groups excluding carboxylic acids is 1. The molecule has 2 atom stereocenters. The molecule has 0 saturated carbocycles. The minimum absolute atomic E-state index is 0.137. The SMILES string of the molecule is Cc1cc2c(c(C(C)O)c1)CN(N1CCC(C)(C)CC1)C(C)C2=O. The molecule has 4 nitrogen and oxygen atoms in total. The van der Waals surface area contributed by atoms with Crippen LogP contribution in [0, 0.1) is 12.3 Å². The van der Waals surface area contributed by atoms with Crippen molar-refractivity contribution in [2.24, 2.45) is 5.41 Å². The second-order valence-corrected chi connectivity index (χ2v) is 8.31.